The predicted molar refractivity (Wildman–Crippen MR) is 148 cm³/mol. The van der Waals surface area contributed by atoms with Crippen LogP contribution in [0.3, 0.4) is 0 Å². The lowest BCUT2D eigenvalue weighted by molar-refractivity contribution is 0.101. The molecule has 0 radical (unpaired) electrons. The summed E-state index contributed by atoms with van der Waals surface area (Å²) < 4.78 is 0. The molecule has 2 fully saturated rings. The van der Waals surface area contributed by atoms with Gasteiger partial charge >= 0.3 is 0 Å². The van der Waals surface area contributed by atoms with E-state index < -0.39 is 0 Å². The highest BCUT2D eigenvalue weighted by Gasteiger charge is 2.16. The number of amides is 2. The molecule has 3 aromatic carbocycles. The largest absolute Gasteiger partial charge is 0.372 e. The maximum Gasteiger partial charge on any atom is 0.255 e. The van der Waals surface area contributed by atoms with Gasteiger partial charge in [0.15, 0.2) is 0 Å². The Hall–Kier alpha value is -3.80. The number of hydrogen-bond acceptors (Lipinski definition) is 4. The topological polar surface area (TPSA) is 64.7 Å². The summed E-state index contributed by atoms with van der Waals surface area (Å²) in [4.78, 5) is 30.4. The average molecular weight is 483 g/mol. The van der Waals surface area contributed by atoms with Crippen molar-refractivity contribution in [3.63, 3.8) is 0 Å². The molecule has 0 bridgehead atoms. The van der Waals surface area contributed by atoms with Crippen LogP contribution in [-0.4, -0.2) is 38.0 Å². The summed E-state index contributed by atoms with van der Waals surface area (Å²) in [5, 5.41) is 6.01. The molecule has 2 amide bonds. The van der Waals surface area contributed by atoms with Gasteiger partial charge in [0.1, 0.15) is 0 Å². The van der Waals surface area contributed by atoms with Crippen LogP contribution in [0.1, 0.15) is 57.5 Å². The molecule has 0 aliphatic carbocycles. The summed E-state index contributed by atoms with van der Waals surface area (Å²) in [5.74, 6) is -0.375. The van der Waals surface area contributed by atoms with Crippen LogP contribution in [0.4, 0.5) is 22.7 Å². The minimum absolute atomic E-state index is 0.188. The first kappa shape index (κ1) is 23.9. The second-order valence-corrected chi connectivity index (χ2v) is 9.87. The zero-order valence-corrected chi connectivity index (χ0v) is 21.1. The Morgan fingerprint density at radius 3 is 1.28 bits per heavy atom. The number of anilines is 4. The van der Waals surface area contributed by atoms with Crippen LogP contribution in [-0.2, 0) is 0 Å². The minimum atomic E-state index is -0.188. The van der Waals surface area contributed by atoms with E-state index >= 15 is 0 Å². The fraction of sp³-hybridized carbons (Fsp3) is 0.333. The van der Waals surface area contributed by atoms with Gasteiger partial charge < -0.3 is 20.4 Å². The lowest BCUT2D eigenvalue weighted by Crippen LogP contribution is -2.18. The summed E-state index contributed by atoms with van der Waals surface area (Å²) >= 11 is 0. The molecule has 2 aliphatic rings. The number of aryl methyl sites for hydroxylation is 2. The summed E-state index contributed by atoms with van der Waals surface area (Å²) in [6.07, 6.45) is 4.93. The Balaban J connectivity index is 1.21. The summed E-state index contributed by atoms with van der Waals surface area (Å²) in [7, 11) is 0. The van der Waals surface area contributed by atoms with E-state index in [1.54, 1.807) is 24.3 Å². The fourth-order valence-corrected chi connectivity index (χ4v) is 5.08. The Bertz CT molecular complexity index is 1160. The molecule has 186 valence electrons. The third kappa shape index (κ3) is 5.23. The van der Waals surface area contributed by atoms with E-state index in [0.717, 1.165) is 48.7 Å². The van der Waals surface area contributed by atoms with Crippen molar-refractivity contribution in [3.05, 3.63) is 82.9 Å². The van der Waals surface area contributed by atoms with Crippen LogP contribution in [0.2, 0.25) is 0 Å². The highest BCUT2D eigenvalue weighted by atomic mass is 16.2. The van der Waals surface area contributed by atoms with Gasteiger partial charge in [0.2, 0.25) is 0 Å². The first-order valence-electron chi connectivity index (χ1n) is 12.9. The van der Waals surface area contributed by atoms with Crippen molar-refractivity contribution in [3.8, 4) is 0 Å². The number of carbonyl (C=O) groups excluding carboxylic acids is 2. The number of rotatable bonds is 6. The third-order valence-electron chi connectivity index (χ3n) is 7.27. The first-order valence-corrected chi connectivity index (χ1v) is 12.9. The molecule has 6 heteroatoms. The lowest BCUT2D eigenvalue weighted by Gasteiger charge is -2.19. The van der Waals surface area contributed by atoms with E-state index in [-0.39, 0.29) is 11.8 Å². The van der Waals surface area contributed by atoms with Gasteiger partial charge in [-0.25, -0.2) is 0 Å². The van der Waals surface area contributed by atoms with E-state index in [0.29, 0.717) is 11.1 Å². The van der Waals surface area contributed by atoms with Crippen molar-refractivity contribution in [2.24, 2.45) is 0 Å². The van der Waals surface area contributed by atoms with Crippen molar-refractivity contribution >= 4 is 34.6 Å². The van der Waals surface area contributed by atoms with Crippen LogP contribution in [0, 0.1) is 13.8 Å². The van der Waals surface area contributed by atoms with Crippen molar-refractivity contribution < 1.29 is 9.59 Å². The Morgan fingerprint density at radius 2 is 0.944 bits per heavy atom. The maximum absolute atomic E-state index is 12.8. The lowest BCUT2D eigenvalue weighted by atomic mass is 10.1. The molecule has 0 aromatic heterocycles. The molecular weight excluding hydrogens is 448 g/mol. The van der Waals surface area contributed by atoms with Crippen LogP contribution in [0.5, 0.6) is 0 Å². The van der Waals surface area contributed by atoms with Crippen molar-refractivity contribution in [1.82, 2.24) is 0 Å². The van der Waals surface area contributed by atoms with Crippen molar-refractivity contribution in [2.75, 3.05) is 46.6 Å². The zero-order valence-electron chi connectivity index (χ0n) is 21.1. The molecule has 6 nitrogen and oxygen atoms in total. The summed E-state index contributed by atoms with van der Waals surface area (Å²) in [5.41, 5.74) is 7.12. The third-order valence-corrected chi connectivity index (χ3v) is 7.27. The average Bonchev–Trinajstić information content (AvgIpc) is 3.61. The van der Waals surface area contributed by atoms with Gasteiger partial charge in [0.25, 0.3) is 11.8 Å². The van der Waals surface area contributed by atoms with E-state index in [4.69, 9.17) is 0 Å². The van der Waals surface area contributed by atoms with Crippen molar-refractivity contribution in [1.29, 1.82) is 0 Å². The fourth-order valence-electron chi connectivity index (χ4n) is 5.08. The van der Waals surface area contributed by atoms with E-state index in [9.17, 15) is 9.59 Å². The highest BCUT2D eigenvalue weighted by molar-refractivity contribution is 6.07. The SMILES string of the molecule is Cc1cc(N2CCCC2)ccc1NC(=O)c1ccc(C(=O)Nc2ccc(N3CCCC3)cc2C)cc1. The van der Waals surface area contributed by atoms with Gasteiger partial charge in [-0.3, -0.25) is 9.59 Å². The second-order valence-electron chi connectivity index (χ2n) is 9.87. The van der Waals surface area contributed by atoms with Gasteiger partial charge in [0, 0.05) is 60.1 Å². The standard InChI is InChI=1S/C30H34N4O2/c1-21-19-25(33-15-3-4-16-33)11-13-27(21)31-29(35)23-7-9-24(10-8-23)30(36)32-28-14-12-26(20-22(28)2)34-17-5-6-18-34/h7-14,19-20H,3-6,15-18H2,1-2H3,(H,31,35)(H,32,36). The zero-order chi connectivity index (χ0) is 25.1. The quantitative estimate of drug-likeness (QED) is 0.452. The van der Waals surface area contributed by atoms with Crippen LogP contribution < -0.4 is 20.4 Å². The van der Waals surface area contributed by atoms with Gasteiger partial charge in [-0.15, -0.1) is 0 Å². The molecule has 2 saturated heterocycles. The highest BCUT2D eigenvalue weighted by Crippen LogP contribution is 2.27. The molecular formula is C30H34N4O2. The molecule has 36 heavy (non-hydrogen) atoms. The van der Waals surface area contributed by atoms with Gasteiger partial charge in [-0.1, -0.05) is 0 Å². The van der Waals surface area contributed by atoms with E-state index in [2.05, 4.69) is 44.7 Å². The molecule has 2 N–H and O–H groups in total. The molecule has 5 rings (SSSR count). The van der Waals surface area contributed by atoms with Gasteiger partial charge in [0.05, 0.1) is 0 Å². The number of hydrogen-bond donors (Lipinski definition) is 2. The Morgan fingerprint density at radius 1 is 0.583 bits per heavy atom. The van der Waals surface area contributed by atoms with Crippen LogP contribution in [0.25, 0.3) is 0 Å². The second kappa shape index (κ2) is 10.4. The molecule has 3 aromatic rings. The predicted octanol–water partition coefficient (Wildman–Crippen LogP) is 6.01. The van der Waals surface area contributed by atoms with Gasteiger partial charge in [-0.05, 0) is 111 Å². The Kier molecular flexibility index (Phi) is 6.94. The molecule has 0 atom stereocenters. The molecule has 2 heterocycles. The molecule has 0 saturated carbocycles. The molecule has 0 unspecified atom stereocenters. The Labute approximate surface area is 213 Å². The smallest absolute Gasteiger partial charge is 0.255 e. The first-order chi connectivity index (χ1) is 17.5. The maximum atomic E-state index is 12.8. The summed E-state index contributed by atoms with van der Waals surface area (Å²) in [6, 6.07) is 19.1. The molecule has 2 aliphatic heterocycles. The number of nitrogens with zero attached hydrogens (tertiary/aromatic N) is 2. The monoisotopic (exact) mass is 482 g/mol. The van der Waals surface area contributed by atoms with Gasteiger partial charge in [-0.2, -0.15) is 0 Å². The van der Waals surface area contributed by atoms with Crippen LogP contribution >= 0.6 is 0 Å². The minimum Gasteiger partial charge on any atom is -0.372 e. The van der Waals surface area contributed by atoms with Crippen LogP contribution in [0.15, 0.2) is 60.7 Å². The van der Waals surface area contributed by atoms with E-state index in [1.165, 1.54) is 37.1 Å². The van der Waals surface area contributed by atoms with Crippen molar-refractivity contribution in [2.45, 2.75) is 39.5 Å². The number of benzene rings is 3. The van der Waals surface area contributed by atoms with E-state index in [1.807, 2.05) is 26.0 Å². The molecule has 0 spiro atoms. The normalized spacial score (nSPS) is 15.3. The summed E-state index contributed by atoms with van der Waals surface area (Å²) in [6.45, 7) is 8.40. The number of carbonyl (C=O) groups is 2. The number of nitrogens with one attached hydrogen (secondary N) is 2.